The van der Waals surface area contributed by atoms with Gasteiger partial charge in [-0.3, -0.25) is 4.79 Å². The van der Waals surface area contributed by atoms with E-state index in [2.05, 4.69) is 10.4 Å². The van der Waals surface area contributed by atoms with Crippen molar-refractivity contribution < 1.29 is 27.1 Å². The molecule has 0 aliphatic carbocycles. The van der Waals surface area contributed by atoms with Gasteiger partial charge < -0.3 is 19.2 Å². The van der Waals surface area contributed by atoms with Gasteiger partial charge in [-0.05, 0) is 31.0 Å². The van der Waals surface area contributed by atoms with Crippen LogP contribution in [-0.2, 0) is 16.6 Å². The molecule has 3 aromatic rings. The van der Waals surface area contributed by atoms with E-state index in [1.54, 1.807) is 37.2 Å². The number of aromatic nitrogens is 2. The van der Waals surface area contributed by atoms with Crippen LogP contribution in [0.3, 0.4) is 0 Å². The maximum Gasteiger partial charge on any atom is 0.292 e. The van der Waals surface area contributed by atoms with Crippen molar-refractivity contribution in [2.75, 3.05) is 32.6 Å². The van der Waals surface area contributed by atoms with Gasteiger partial charge in [0.15, 0.2) is 17.3 Å². The molecule has 1 aliphatic heterocycles. The zero-order chi connectivity index (χ0) is 23.4. The number of amides is 1. The summed E-state index contributed by atoms with van der Waals surface area (Å²) in [7, 11) is -0.642. The quantitative estimate of drug-likeness (QED) is 0.534. The third-order valence-electron chi connectivity index (χ3n) is 5.48. The van der Waals surface area contributed by atoms with Crippen molar-refractivity contribution in [2.45, 2.75) is 30.9 Å². The summed E-state index contributed by atoms with van der Waals surface area (Å²) in [5.74, 6) is 0.908. The summed E-state index contributed by atoms with van der Waals surface area (Å²) in [6.45, 7) is 1.23. The van der Waals surface area contributed by atoms with E-state index in [1.165, 1.54) is 16.4 Å². The van der Waals surface area contributed by atoms with Gasteiger partial charge >= 0.3 is 0 Å². The van der Waals surface area contributed by atoms with Gasteiger partial charge in [0.1, 0.15) is 5.82 Å². The minimum atomic E-state index is -3.76. The van der Waals surface area contributed by atoms with Crippen molar-refractivity contribution >= 4 is 21.7 Å². The van der Waals surface area contributed by atoms with Crippen molar-refractivity contribution in [3.05, 3.63) is 53.9 Å². The highest BCUT2D eigenvalue weighted by Gasteiger charge is 2.29. The molecule has 0 atom stereocenters. The van der Waals surface area contributed by atoms with Gasteiger partial charge in [-0.15, -0.1) is 0 Å². The summed E-state index contributed by atoms with van der Waals surface area (Å²) in [5, 5.41) is 6.76. The largest absolute Gasteiger partial charge is 0.493 e. The average Bonchev–Trinajstić information content (AvgIpc) is 3.50. The molecular formula is C22H26N4O6S. The van der Waals surface area contributed by atoms with Crippen LogP contribution in [0.4, 0.5) is 5.82 Å². The summed E-state index contributed by atoms with van der Waals surface area (Å²) in [5.41, 5.74) is 0.809. The smallest absolute Gasteiger partial charge is 0.292 e. The summed E-state index contributed by atoms with van der Waals surface area (Å²) in [6, 6.07) is 9.82. The maximum absolute atomic E-state index is 12.8. The zero-order valence-electron chi connectivity index (χ0n) is 18.5. The second kappa shape index (κ2) is 9.67. The van der Waals surface area contributed by atoms with Gasteiger partial charge in [-0.1, -0.05) is 18.6 Å². The molecule has 176 valence electrons. The third kappa shape index (κ3) is 4.74. The summed E-state index contributed by atoms with van der Waals surface area (Å²) in [4.78, 5) is 12.8. The molecule has 1 amide bonds. The fourth-order valence-corrected chi connectivity index (χ4v) is 5.22. The number of nitrogens with zero attached hydrogens (tertiary/aromatic N) is 3. The van der Waals surface area contributed by atoms with E-state index >= 15 is 0 Å². The molecule has 0 unspecified atom stereocenters. The molecular weight excluding hydrogens is 448 g/mol. The van der Waals surface area contributed by atoms with Crippen LogP contribution in [0.1, 0.15) is 35.4 Å². The molecule has 2 aromatic heterocycles. The second-order valence-corrected chi connectivity index (χ2v) is 9.43. The van der Waals surface area contributed by atoms with Crippen molar-refractivity contribution in [3.63, 3.8) is 0 Å². The predicted octanol–water partition coefficient (Wildman–Crippen LogP) is 2.97. The first kappa shape index (κ1) is 22.9. The number of hydrogen-bond acceptors (Lipinski definition) is 7. The maximum atomic E-state index is 12.8. The highest BCUT2D eigenvalue weighted by Crippen LogP contribution is 2.31. The van der Waals surface area contributed by atoms with Gasteiger partial charge in [-0.2, -0.15) is 9.40 Å². The Balaban J connectivity index is 1.50. The number of carbonyl (C=O) groups is 1. The van der Waals surface area contributed by atoms with E-state index in [9.17, 15) is 13.2 Å². The van der Waals surface area contributed by atoms with E-state index in [0.717, 1.165) is 24.8 Å². The Morgan fingerprint density at radius 3 is 2.61 bits per heavy atom. The Hall–Kier alpha value is -3.31. The lowest BCUT2D eigenvalue weighted by Gasteiger charge is -2.24. The van der Waals surface area contributed by atoms with Crippen LogP contribution >= 0.6 is 0 Å². The number of carbonyl (C=O) groups excluding carboxylic acids is 1. The Kier molecular flexibility index (Phi) is 6.70. The van der Waals surface area contributed by atoms with E-state index < -0.39 is 15.9 Å². The first-order chi connectivity index (χ1) is 15.9. The molecule has 11 heteroatoms. The highest BCUT2D eigenvalue weighted by atomic mass is 32.2. The number of benzene rings is 1. The Labute approximate surface area is 192 Å². The SMILES string of the molecule is COc1cccc(Cn2nccc2NC(=O)c2ccc(S(=O)(=O)N3CCCCC3)o2)c1OC. The molecule has 33 heavy (non-hydrogen) atoms. The molecule has 1 saturated heterocycles. The molecule has 0 spiro atoms. The molecule has 1 N–H and O–H groups in total. The minimum Gasteiger partial charge on any atom is -0.493 e. The summed E-state index contributed by atoms with van der Waals surface area (Å²) >= 11 is 0. The van der Waals surface area contributed by atoms with Gasteiger partial charge in [-0.25, -0.2) is 13.1 Å². The van der Waals surface area contributed by atoms with Crippen molar-refractivity contribution in [1.82, 2.24) is 14.1 Å². The molecule has 10 nitrogen and oxygen atoms in total. The normalized spacial score (nSPS) is 14.7. The van der Waals surface area contributed by atoms with E-state index in [0.29, 0.717) is 37.0 Å². The third-order valence-corrected chi connectivity index (χ3v) is 7.25. The van der Waals surface area contributed by atoms with Crippen LogP contribution < -0.4 is 14.8 Å². The van der Waals surface area contributed by atoms with Crippen LogP contribution in [0.5, 0.6) is 11.5 Å². The molecule has 4 rings (SSSR count). The number of sulfonamides is 1. The number of para-hydroxylation sites is 1. The standard InChI is InChI=1S/C22H26N4O6S/c1-30-17-8-6-7-16(21(17)31-2)15-26-19(11-12-23-26)24-22(27)18-9-10-20(32-18)33(28,29)25-13-4-3-5-14-25/h6-12H,3-5,13-15H2,1-2H3,(H,24,27). The van der Waals surface area contributed by atoms with Gasteiger partial charge in [0, 0.05) is 24.7 Å². The Morgan fingerprint density at radius 2 is 1.88 bits per heavy atom. The lowest BCUT2D eigenvalue weighted by atomic mass is 10.2. The summed E-state index contributed by atoms with van der Waals surface area (Å²) < 4.78 is 44.8. The molecule has 3 heterocycles. The minimum absolute atomic E-state index is 0.0997. The van der Waals surface area contributed by atoms with Gasteiger partial charge in [0.05, 0.1) is 27.0 Å². The van der Waals surface area contributed by atoms with Crippen molar-refractivity contribution in [1.29, 1.82) is 0 Å². The zero-order valence-corrected chi connectivity index (χ0v) is 19.3. The number of piperidine rings is 1. The van der Waals surface area contributed by atoms with Gasteiger partial charge in [0.2, 0.25) is 5.09 Å². The number of anilines is 1. The molecule has 0 radical (unpaired) electrons. The first-order valence-corrected chi connectivity index (χ1v) is 12.0. The Morgan fingerprint density at radius 1 is 1.09 bits per heavy atom. The molecule has 1 aliphatic rings. The van der Waals surface area contributed by atoms with Crippen LogP contribution in [0, 0.1) is 0 Å². The molecule has 1 fully saturated rings. The van der Waals surface area contributed by atoms with Gasteiger partial charge in [0.25, 0.3) is 15.9 Å². The van der Waals surface area contributed by atoms with Crippen LogP contribution in [-0.4, -0.2) is 55.7 Å². The van der Waals surface area contributed by atoms with Crippen molar-refractivity contribution in [2.24, 2.45) is 0 Å². The summed E-state index contributed by atoms with van der Waals surface area (Å²) in [6.07, 6.45) is 4.19. The van der Waals surface area contributed by atoms with E-state index in [-0.39, 0.29) is 10.9 Å². The fourth-order valence-electron chi connectivity index (χ4n) is 3.80. The van der Waals surface area contributed by atoms with E-state index in [4.69, 9.17) is 13.9 Å². The number of hydrogen-bond donors (Lipinski definition) is 1. The second-order valence-electron chi connectivity index (χ2n) is 7.56. The number of methoxy groups -OCH3 is 2. The number of nitrogens with one attached hydrogen (secondary N) is 1. The van der Waals surface area contributed by atoms with Crippen LogP contribution in [0.2, 0.25) is 0 Å². The number of rotatable bonds is 8. The monoisotopic (exact) mass is 474 g/mol. The van der Waals surface area contributed by atoms with E-state index in [1.807, 2.05) is 12.1 Å². The first-order valence-electron chi connectivity index (χ1n) is 10.6. The predicted molar refractivity (Wildman–Crippen MR) is 120 cm³/mol. The van der Waals surface area contributed by atoms with Crippen LogP contribution in [0.25, 0.3) is 0 Å². The number of furan rings is 1. The van der Waals surface area contributed by atoms with Crippen LogP contribution in [0.15, 0.2) is 52.1 Å². The topological polar surface area (TPSA) is 116 Å². The Bertz CT molecular complexity index is 1230. The lowest BCUT2D eigenvalue weighted by molar-refractivity contribution is 0.0990. The lowest BCUT2D eigenvalue weighted by Crippen LogP contribution is -2.35. The number of ether oxygens (including phenoxy) is 2. The van der Waals surface area contributed by atoms with Crippen molar-refractivity contribution in [3.8, 4) is 11.5 Å². The highest BCUT2D eigenvalue weighted by molar-refractivity contribution is 7.89. The molecule has 0 saturated carbocycles. The molecule has 1 aromatic carbocycles. The fraction of sp³-hybridized carbons (Fsp3) is 0.364. The molecule has 0 bridgehead atoms. The average molecular weight is 475 g/mol.